The Balaban J connectivity index is 2.18. The molecule has 0 aliphatic heterocycles. The Hall–Kier alpha value is 0. The van der Waals surface area contributed by atoms with Gasteiger partial charge in [-0.15, -0.1) is 0 Å². The second kappa shape index (κ2) is 1.53. The number of rotatable bonds is 0. The third kappa shape index (κ3) is 0.720. The lowest BCUT2D eigenvalue weighted by Crippen LogP contribution is -2.19. The molecular formula is C9H15. The molecule has 0 heteroatoms. The van der Waals surface area contributed by atoms with E-state index in [2.05, 4.69) is 20.3 Å². The predicted molar refractivity (Wildman–Crippen MR) is 38.9 cm³/mol. The number of hydrogen-bond acceptors (Lipinski definition) is 0. The zero-order chi connectivity index (χ0) is 6.48. The minimum absolute atomic E-state index is 0.680. The first-order valence-electron chi connectivity index (χ1n) is 4.02. The predicted octanol–water partition coefficient (Wildman–Crippen LogP) is 2.65. The van der Waals surface area contributed by atoms with Crippen LogP contribution in [0, 0.1) is 23.7 Å². The van der Waals surface area contributed by atoms with Crippen LogP contribution in [-0.4, -0.2) is 0 Å². The summed E-state index contributed by atoms with van der Waals surface area (Å²) in [4.78, 5) is 0. The van der Waals surface area contributed by atoms with Crippen LogP contribution < -0.4 is 0 Å². The summed E-state index contributed by atoms with van der Waals surface area (Å²) in [7, 11) is 0. The standard InChI is InChI=1S/C9H15/c1-9(2)6-7-3-4-8(9)5-7/h3,7-8H,4-6H2,1-2H3. The van der Waals surface area contributed by atoms with Crippen molar-refractivity contribution in [2.75, 3.05) is 0 Å². The summed E-state index contributed by atoms with van der Waals surface area (Å²) < 4.78 is 0. The number of fused-ring (bicyclic) bond motifs is 2. The van der Waals surface area contributed by atoms with Crippen LogP contribution in [0.15, 0.2) is 0 Å². The Morgan fingerprint density at radius 3 is 2.44 bits per heavy atom. The van der Waals surface area contributed by atoms with E-state index in [1.165, 1.54) is 19.3 Å². The van der Waals surface area contributed by atoms with Crippen LogP contribution in [-0.2, 0) is 0 Å². The van der Waals surface area contributed by atoms with Gasteiger partial charge in [0.2, 0.25) is 0 Å². The van der Waals surface area contributed by atoms with Gasteiger partial charge in [-0.05, 0) is 42.9 Å². The molecule has 2 saturated carbocycles. The smallest absolute Gasteiger partial charge is 0.0323 e. The summed E-state index contributed by atoms with van der Waals surface area (Å²) in [5.74, 6) is 2.02. The highest BCUT2D eigenvalue weighted by molar-refractivity contribution is 5.03. The van der Waals surface area contributed by atoms with E-state index < -0.39 is 0 Å². The van der Waals surface area contributed by atoms with Crippen LogP contribution in [0.5, 0.6) is 0 Å². The van der Waals surface area contributed by atoms with E-state index in [9.17, 15) is 0 Å². The maximum absolute atomic E-state index is 2.52. The van der Waals surface area contributed by atoms with Crippen LogP contribution in [0.3, 0.4) is 0 Å². The van der Waals surface area contributed by atoms with Gasteiger partial charge in [0.1, 0.15) is 0 Å². The minimum atomic E-state index is 0.680. The first kappa shape index (κ1) is 5.76. The summed E-state index contributed by atoms with van der Waals surface area (Å²) in [6.07, 6.45) is 6.87. The molecule has 0 aromatic rings. The molecule has 0 amide bonds. The van der Waals surface area contributed by atoms with E-state index in [0.29, 0.717) is 5.41 Å². The van der Waals surface area contributed by atoms with Gasteiger partial charge >= 0.3 is 0 Å². The molecule has 2 fully saturated rings. The van der Waals surface area contributed by atoms with Crippen molar-refractivity contribution < 1.29 is 0 Å². The Labute approximate surface area is 57.6 Å². The molecule has 0 spiro atoms. The molecule has 0 nitrogen and oxygen atoms in total. The van der Waals surface area contributed by atoms with Crippen molar-refractivity contribution in [2.45, 2.75) is 33.1 Å². The molecule has 2 rings (SSSR count). The van der Waals surface area contributed by atoms with Gasteiger partial charge in [0.25, 0.3) is 0 Å². The van der Waals surface area contributed by atoms with E-state index in [0.717, 1.165) is 11.8 Å². The third-order valence-corrected chi connectivity index (χ3v) is 3.23. The quantitative estimate of drug-likeness (QED) is 0.464. The van der Waals surface area contributed by atoms with Crippen molar-refractivity contribution in [1.29, 1.82) is 0 Å². The van der Waals surface area contributed by atoms with E-state index in [4.69, 9.17) is 0 Å². The summed E-state index contributed by atoms with van der Waals surface area (Å²) in [6, 6.07) is 0. The molecule has 2 aliphatic carbocycles. The van der Waals surface area contributed by atoms with Gasteiger partial charge in [-0.3, -0.25) is 0 Å². The lowest BCUT2D eigenvalue weighted by atomic mass is 9.77. The van der Waals surface area contributed by atoms with Crippen LogP contribution in [0.25, 0.3) is 0 Å². The molecule has 0 saturated heterocycles. The normalized spacial score (nSPS) is 46.0. The second-order valence-electron chi connectivity index (χ2n) is 4.36. The van der Waals surface area contributed by atoms with Gasteiger partial charge < -0.3 is 0 Å². The number of hydrogen-bond donors (Lipinski definition) is 0. The minimum Gasteiger partial charge on any atom is -0.0596 e. The van der Waals surface area contributed by atoms with Crippen LogP contribution in [0.2, 0.25) is 0 Å². The van der Waals surface area contributed by atoms with E-state index in [1.54, 1.807) is 0 Å². The van der Waals surface area contributed by atoms with Crippen molar-refractivity contribution >= 4 is 0 Å². The van der Waals surface area contributed by atoms with Crippen molar-refractivity contribution in [2.24, 2.45) is 17.3 Å². The molecular weight excluding hydrogens is 108 g/mol. The van der Waals surface area contributed by atoms with Crippen molar-refractivity contribution in [3.8, 4) is 0 Å². The molecule has 0 aromatic heterocycles. The largest absolute Gasteiger partial charge is 0.0596 e. The van der Waals surface area contributed by atoms with Gasteiger partial charge in [-0.2, -0.15) is 0 Å². The molecule has 1 radical (unpaired) electrons. The summed E-state index contributed by atoms with van der Waals surface area (Å²) >= 11 is 0. The van der Waals surface area contributed by atoms with Gasteiger partial charge in [0.15, 0.2) is 0 Å². The van der Waals surface area contributed by atoms with Crippen LogP contribution in [0.4, 0.5) is 0 Å². The highest BCUT2D eigenvalue weighted by Gasteiger charge is 2.44. The Kier molecular flexibility index (Phi) is 0.980. The third-order valence-electron chi connectivity index (χ3n) is 3.23. The lowest BCUT2D eigenvalue weighted by molar-refractivity contribution is 0.241. The summed E-state index contributed by atoms with van der Waals surface area (Å²) in [5, 5.41) is 0. The van der Waals surface area contributed by atoms with Gasteiger partial charge in [-0.25, -0.2) is 0 Å². The van der Waals surface area contributed by atoms with Gasteiger partial charge in [0, 0.05) is 0 Å². The maximum atomic E-state index is 2.52. The molecule has 51 valence electrons. The highest BCUT2D eigenvalue weighted by Crippen LogP contribution is 2.54. The highest BCUT2D eigenvalue weighted by atomic mass is 14.5. The van der Waals surface area contributed by atoms with Crippen molar-refractivity contribution in [3.05, 3.63) is 6.42 Å². The fraction of sp³-hybridized carbons (Fsp3) is 0.889. The molecule has 0 heterocycles. The zero-order valence-electron chi connectivity index (χ0n) is 6.35. The fourth-order valence-electron chi connectivity index (χ4n) is 2.56. The lowest BCUT2D eigenvalue weighted by Gasteiger charge is -2.28. The Morgan fingerprint density at radius 1 is 1.44 bits per heavy atom. The fourth-order valence-corrected chi connectivity index (χ4v) is 2.56. The summed E-state index contributed by atoms with van der Waals surface area (Å²) in [6.45, 7) is 4.84. The molecule has 2 atom stereocenters. The van der Waals surface area contributed by atoms with E-state index in [1.807, 2.05) is 0 Å². The van der Waals surface area contributed by atoms with Gasteiger partial charge in [0.05, 0.1) is 0 Å². The zero-order valence-corrected chi connectivity index (χ0v) is 6.35. The summed E-state index contributed by atoms with van der Waals surface area (Å²) in [5.41, 5.74) is 0.680. The molecule has 2 aliphatic rings. The van der Waals surface area contributed by atoms with Gasteiger partial charge in [-0.1, -0.05) is 13.8 Å². The first-order valence-corrected chi connectivity index (χ1v) is 4.02. The van der Waals surface area contributed by atoms with E-state index in [-0.39, 0.29) is 0 Å². The second-order valence-corrected chi connectivity index (χ2v) is 4.36. The Bertz CT molecular complexity index is 124. The Morgan fingerprint density at radius 2 is 2.22 bits per heavy atom. The van der Waals surface area contributed by atoms with E-state index >= 15 is 0 Å². The van der Waals surface area contributed by atoms with Crippen LogP contribution in [0.1, 0.15) is 33.1 Å². The monoisotopic (exact) mass is 123 g/mol. The molecule has 2 bridgehead atoms. The van der Waals surface area contributed by atoms with Crippen molar-refractivity contribution in [1.82, 2.24) is 0 Å². The molecule has 2 unspecified atom stereocenters. The SMILES string of the molecule is CC1(C)CC2[CH]CC1C2. The average Bonchev–Trinajstić information content (AvgIpc) is 2.19. The molecule has 0 aromatic carbocycles. The average molecular weight is 123 g/mol. The molecule has 9 heavy (non-hydrogen) atoms. The first-order chi connectivity index (χ1) is 4.18. The topological polar surface area (TPSA) is 0 Å². The maximum Gasteiger partial charge on any atom is -0.0323 e. The van der Waals surface area contributed by atoms with Crippen LogP contribution >= 0.6 is 0 Å². The van der Waals surface area contributed by atoms with Crippen molar-refractivity contribution in [3.63, 3.8) is 0 Å². The molecule has 0 N–H and O–H groups in total.